The Morgan fingerprint density at radius 2 is 2.11 bits per heavy atom. The van der Waals surface area contributed by atoms with Crippen molar-refractivity contribution in [2.45, 2.75) is 20.3 Å². The lowest BCUT2D eigenvalue weighted by molar-refractivity contribution is -0.118. The Kier molecular flexibility index (Phi) is 7.97. The van der Waals surface area contributed by atoms with Crippen LogP contribution < -0.4 is 0 Å². The van der Waals surface area contributed by atoms with Crippen molar-refractivity contribution in [3.05, 3.63) is 47.6 Å². The Bertz CT molecular complexity index is 416. The molecule has 18 heavy (non-hydrogen) atoms. The highest BCUT2D eigenvalue weighted by molar-refractivity contribution is 6.31. The molecule has 0 aliphatic heterocycles. The Labute approximate surface area is 114 Å². The average Bonchev–Trinajstić information content (AvgIpc) is 2.28. The van der Waals surface area contributed by atoms with E-state index in [0.29, 0.717) is 17.0 Å². The summed E-state index contributed by atoms with van der Waals surface area (Å²) in [6.45, 7) is 11.1. The van der Waals surface area contributed by atoms with Gasteiger partial charge in [-0.05, 0) is 25.5 Å². The van der Waals surface area contributed by atoms with E-state index in [1.165, 1.54) is 6.21 Å². The van der Waals surface area contributed by atoms with Crippen LogP contribution in [0.5, 0.6) is 0 Å². The summed E-state index contributed by atoms with van der Waals surface area (Å²) in [5.41, 5.74) is 1.48. The number of Topliss-reactive ketones (excluding diaryl/α,β-unsaturated/α-hetero) is 1. The van der Waals surface area contributed by atoms with Gasteiger partial charge in [-0.3, -0.25) is 9.79 Å². The van der Waals surface area contributed by atoms with Crippen LogP contribution in [0.4, 0.5) is 0 Å². The van der Waals surface area contributed by atoms with Gasteiger partial charge in [0.1, 0.15) is 0 Å². The minimum Gasteiger partial charge on any atom is -0.296 e. The first kappa shape index (κ1) is 16.6. The number of hydrogen-bond acceptors (Lipinski definition) is 2. The second-order valence-corrected chi connectivity index (χ2v) is 4.60. The Morgan fingerprint density at radius 1 is 1.50 bits per heavy atom. The van der Waals surface area contributed by atoms with Crippen molar-refractivity contribution < 1.29 is 4.79 Å². The molecule has 0 aromatic heterocycles. The molecule has 0 aliphatic rings. The lowest BCUT2D eigenvalue weighted by Crippen LogP contribution is -2.14. The maximum Gasteiger partial charge on any atom is 0.166 e. The topological polar surface area (TPSA) is 29.4 Å². The summed E-state index contributed by atoms with van der Waals surface area (Å²) in [7, 11) is 1.62. The molecule has 0 spiro atoms. The third-order valence-electron chi connectivity index (χ3n) is 2.34. The number of rotatable bonds is 7. The zero-order valence-electron chi connectivity index (χ0n) is 11.2. The molecule has 1 unspecified atom stereocenters. The van der Waals surface area contributed by atoms with Gasteiger partial charge in [-0.15, -0.1) is 0 Å². The molecule has 0 N–H and O–H groups in total. The van der Waals surface area contributed by atoms with Crippen LogP contribution >= 0.6 is 11.6 Å². The second-order valence-electron chi connectivity index (χ2n) is 4.16. The second kappa shape index (κ2) is 8.65. The van der Waals surface area contributed by atoms with Gasteiger partial charge in [-0.1, -0.05) is 43.3 Å². The van der Waals surface area contributed by atoms with Gasteiger partial charge in [-0.25, -0.2) is 0 Å². The molecule has 0 heterocycles. The maximum atomic E-state index is 11.9. The zero-order valence-corrected chi connectivity index (χ0v) is 12.0. The third-order valence-corrected chi connectivity index (χ3v) is 2.57. The number of halogens is 1. The Hall–Kier alpha value is -1.41. The number of nitrogens with zero attached hydrogens (tertiary/aromatic N) is 1. The van der Waals surface area contributed by atoms with E-state index < -0.39 is 0 Å². The summed E-state index contributed by atoms with van der Waals surface area (Å²) in [6, 6.07) is 0. The van der Waals surface area contributed by atoms with E-state index in [2.05, 4.69) is 18.2 Å². The highest BCUT2D eigenvalue weighted by Gasteiger charge is 2.15. The largest absolute Gasteiger partial charge is 0.296 e. The molecule has 0 amide bonds. The summed E-state index contributed by atoms with van der Waals surface area (Å²) < 4.78 is 0. The normalized spacial score (nSPS) is 14.7. The highest BCUT2D eigenvalue weighted by atomic mass is 35.5. The summed E-state index contributed by atoms with van der Waals surface area (Å²) in [5.74, 6) is -0.114. The van der Waals surface area contributed by atoms with Crippen LogP contribution in [-0.2, 0) is 4.79 Å². The first-order valence-corrected chi connectivity index (χ1v) is 6.10. The SMILES string of the molecule is C=CC=C(Cl)C=C(C)CC(C)C(=O)C(=C)C=NC. The van der Waals surface area contributed by atoms with E-state index in [1.807, 2.05) is 19.9 Å². The quantitative estimate of drug-likeness (QED) is 0.387. The summed E-state index contributed by atoms with van der Waals surface area (Å²) in [6.07, 6.45) is 7.31. The Morgan fingerprint density at radius 3 is 2.61 bits per heavy atom. The fraction of sp³-hybridized carbons (Fsp3) is 0.333. The molecule has 0 saturated carbocycles. The van der Waals surface area contributed by atoms with Gasteiger partial charge in [0.25, 0.3) is 0 Å². The molecule has 0 bridgehead atoms. The van der Waals surface area contributed by atoms with Crippen LogP contribution in [0.1, 0.15) is 20.3 Å². The van der Waals surface area contributed by atoms with Gasteiger partial charge in [-0.2, -0.15) is 0 Å². The van der Waals surface area contributed by atoms with E-state index in [0.717, 1.165) is 5.57 Å². The number of aliphatic imine (C=N–C) groups is 1. The molecule has 2 nitrogen and oxygen atoms in total. The Balaban J connectivity index is 4.62. The minimum atomic E-state index is -0.125. The summed E-state index contributed by atoms with van der Waals surface area (Å²) in [4.78, 5) is 15.7. The van der Waals surface area contributed by atoms with E-state index in [4.69, 9.17) is 11.6 Å². The molecule has 0 aromatic rings. The average molecular weight is 266 g/mol. The predicted octanol–water partition coefficient (Wildman–Crippen LogP) is 4.09. The van der Waals surface area contributed by atoms with E-state index in [1.54, 1.807) is 19.2 Å². The number of hydrogen-bond donors (Lipinski definition) is 0. The zero-order chi connectivity index (χ0) is 14.1. The number of carbonyl (C=O) groups excluding carboxylic acids is 1. The van der Waals surface area contributed by atoms with Crippen molar-refractivity contribution >= 4 is 23.6 Å². The van der Waals surface area contributed by atoms with Crippen molar-refractivity contribution in [2.24, 2.45) is 10.9 Å². The number of carbonyl (C=O) groups is 1. The molecular formula is C15H20ClNO. The molecule has 3 heteroatoms. The molecule has 98 valence electrons. The third kappa shape index (κ3) is 6.36. The van der Waals surface area contributed by atoms with Gasteiger partial charge >= 0.3 is 0 Å². The van der Waals surface area contributed by atoms with Crippen molar-refractivity contribution in [1.82, 2.24) is 0 Å². The van der Waals surface area contributed by atoms with Gasteiger partial charge in [0.2, 0.25) is 0 Å². The monoisotopic (exact) mass is 265 g/mol. The predicted molar refractivity (Wildman–Crippen MR) is 80.2 cm³/mol. The standard InChI is InChI=1S/C15H20ClNO/c1-6-7-14(16)9-11(2)8-12(3)15(18)13(4)10-17-5/h6-7,9-10,12H,1,4,8H2,2-3,5H3. The molecule has 1 atom stereocenters. The fourth-order valence-corrected chi connectivity index (χ4v) is 1.84. The van der Waals surface area contributed by atoms with Crippen molar-refractivity contribution in [1.29, 1.82) is 0 Å². The molecule has 0 radical (unpaired) electrons. The smallest absolute Gasteiger partial charge is 0.166 e. The van der Waals surface area contributed by atoms with Crippen LogP contribution in [0.3, 0.4) is 0 Å². The van der Waals surface area contributed by atoms with Crippen LogP contribution in [0.2, 0.25) is 0 Å². The van der Waals surface area contributed by atoms with E-state index in [9.17, 15) is 4.79 Å². The minimum absolute atomic E-state index is 0.0113. The maximum absolute atomic E-state index is 11.9. The number of ketones is 1. The molecule has 0 saturated heterocycles. The molecule has 0 rings (SSSR count). The first-order valence-electron chi connectivity index (χ1n) is 5.73. The lowest BCUT2D eigenvalue weighted by Gasteiger charge is -2.10. The van der Waals surface area contributed by atoms with Gasteiger partial charge in [0, 0.05) is 29.8 Å². The van der Waals surface area contributed by atoms with Crippen LogP contribution in [0, 0.1) is 5.92 Å². The highest BCUT2D eigenvalue weighted by Crippen LogP contribution is 2.17. The number of allylic oxidation sites excluding steroid dienone is 6. The van der Waals surface area contributed by atoms with Gasteiger partial charge < -0.3 is 0 Å². The molecular weight excluding hydrogens is 246 g/mol. The van der Waals surface area contributed by atoms with Crippen LogP contribution in [-0.4, -0.2) is 19.0 Å². The lowest BCUT2D eigenvalue weighted by atomic mass is 9.94. The van der Waals surface area contributed by atoms with E-state index >= 15 is 0 Å². The molecule has 0 aromatic carbocycles. The van der Waals surface area contributed by atoms with Crippen molar-refractivity contribution in [3.63, 3.8) is 0 Å². The molecule has 0 fully saturated rings. The van der Waals surface area contributed by atoms with Crippen LogP contribution in [0.25, 0.3) is 0 Å². The fourth-order valence-electron chi connectivity index (χ4n) is 1.57. The summed E-state index contributed by atoms with van der Waals surface area (Å²) >= 11 is 5.94. The van der Waals surface area contributed by atoms with Crippen molar-refractivity contribution in [2.75, 3.05) is 7.05 Å². The van der Waals surface area contributed by atoms with Gasteiger partial charge in [0.15, 0.2) is 5.78 Å². The van der Waals surface area contributed by atoms with Gasteiger partial charge in [0.05, 0.1) is 0 Å². The van der Waals surface area contributed by atoms with Crippen molar-refractivity contribution in [3.8, 4) is 0 Å². The molecule has 0 aliphatic carbocycles. The first-order chi connectivity index (χ1) is 8.42. The van der Waals surface area contributed by atoms with Crippen LogP contribution in [0.15, 0.2) is 52.6 Å². The van der Waals surface area contributed by atoms with E-state index in [-0.39, 0.29) is 11.7 Å². The summed E-state index contributed by atoms with van der Waals surface area (Å²) in [5, 5.41) is 0.607.